The molecule has 0 N–H and O–H groups in total. The third-order valence-electron chi connectivity index (χ3n) is 2.44. The predicted molar refractivity (Wildman–Crippen MR) is 63.1 cm³/mol. The van der Waals surface area contributed by atoms with Gasteiger partial charge in [0, 0.05) is 4.88 Å². The normalized spacial score (nSPS) is 21.6. The topological polar surface area (TPSA) is 0 Å². The van der Waals surface area contributed by atoms with Crippen LogP contribution < -0.4 is 0 Å². The zero-order valence-electron chi connectivity index (χ0n) is 8.08. The van der Waals surface area contributed by atoms with Gasteiger partial charge in [0.15, 0.2) is 0 Å². The minimum absolute atomic E-state index is 0.712. The van der Waals surface area contributed by atoms with Crippen molar-refractivity contribution in [3.8, 4) is 0 Å². The van der Waals surface area contributed by atoms with E-state index < -0.39 is 0 Å². The second kappa shape index (κ2) is 3.55. The van der Waals surface area contributed by atoms with Crippen molar-refractivity contribution in [2.75, 3.05) is 0 Å². The van der Waals surface area contributed by atoms with E-state index in [1.54, 1.807) is 0 Å². The third kappa shape index (κ3) is 1.78. The molecule has 0 bridgehead atoms. The van der Waals surface area contributed by atoms with E-state index >= 15 is 0 Å². The van der Waals surface area contributed by atoms with Gasteiger partial charge in [-0.1, -0.05) is 18.2 Å². The molecule has 0 saturated carbocycles. The number of aryl methyl sites for hydroxylation is 1. The largest absolute Gasteiger partial charge is 0.144 e. The van der Waals surface area contributed by atoms with Gasteiger partial charge in [0.1, 0.15) is 7.85 Å². The Bertz CT molecular complexity index is 360. The standard InChI is InChI=1S/C11H13BS/c1-8-6-7-13-11(8)9-2-4-10(12)5-3-9/h2-4,6-7,10H,5,12H2,1H3. The van der Waals surface area contributed by atoms with Crippen molar-refractivity contribution < 1.29 is 0 Å². The van der Waals surface area contributed by atoms with Gasteiger partial charge in [-0.25, -0.2) is 0 Å². The van der Waals surface area contributed by atoms with Gasteiger partial charge in [-0.15, -0.1) is 11.3 Å². The first-order valence-corrected chi connectivity index (χ1v) is 5.58. The van der Waals surface area contributed by atoms with Gasteiger partial charge in [-0.2, -0.15) is 0 Å². The van der Waals surface area contributed by atoms with E-state index in [-0.39, 0.29) is 0 Å². The fourth-order valence-electron chi connectivity index (χ4n) is 1.56. The first kappa shape index (κ1) is 8.83. The Morgan fingerprint density at radius 2 is 2.38 bits per heavy atom. The Labute approximate surface area is 84.4 Å². The van der Waals surface area contributed by atoms with Crippen molar-refractivity contribution in [1.82, 2.24) is 0 Å². The SMILES string of the molecule is BC1C=CC(c2sccc2C)=CC1. The molecular formula is C11H13BS. The molecule has 1 aromatic rings. The average Bonchev–Trinajstić information content (AvgIpc) is 2.53. The summed E-state index contributed by atoms with van der Waals surface area (Å²) in [5, 5.41) is 2.16. The van der Waals surface area contributed by atoms with Gasteiger partial charge in [0.05, 0.1) is 0 Å². The molecule has 0 aliphatic heterocycles. The predicted octanol–water partition coefficient (Wildman–Crippen LogP) is 2.82. The summed E-state index contributed by atoms with van der Waals surface area (Å²) in [5.74, 6) is 0.712. The molecule has 0 aromatic carbocycles. The lowest BCUT2D eigenvalue weighted by Crippen LogP contribution is -1.92. The zero-order chi connectivity index (χ0) is 9.26. The molecule has 0 fully saturated rings. The summed E-state index contributed by atoms with van der Waals surface area (Å²) in [7, 11) is 2.26. The number of rotatable bonds is 1. The monoisotopic (exact) mass is 188 g/mol. The van der Waals surface area contributed by atoms with Gasteiger partial charge in [0.2, 0.25) is 0 Å². The molecule has 1 aromatic heterocycles. The summed E-state index contributed by atoms with van der Waals surface area (Å²) < 4.78 is 0. The molecule has 0 radical (unpaired) electrons. The van der Waals surface area contributed by atoms with Crippen LogP contribution in [0.2, 0.25) is 5.82 Å². The molecule has 1 aliphatic rings. The smallest absolute Gasteiger partial charge is 0.110 e. The second-order valence-corrected chi connectivity index (χ2v) is 4.58. The molecule has 2 rings (SSSR count). The van der Waals surface area contributed by atoms with Crippen molar-refractivity contribution >= 4 is 24.8 Å². The van der Waals surface area contributed by atoms with Gasteiger partial charge < -0.3 is 0 Å². The Morgan fingerprint density at radius 1 is 1.54 bits per heavy atom. The number of thiophene rings is 1. The van der Waals surface area contributed by atoms with E-state index in [1.807, 2.05) is 11.3 Å². The van der Waals surface area contributed by atoms with Crippen molar-refractivity contribution in [3.05, 3.63) is 40.1 Å². The van der Waals surface area contributed by atoms with E-state index in [2.05, 4.69) is 44.4 Å². The van der Waals surface area contributed by atoms with Crippen molar-refractivity contribution in [1.29, 1.82) is 0 Å². The lowest BCUT2D eigenvalue weighted by Gasteiger charge is -2.10. The molecule has 0 amide bonds. The Hall–Kier alpha value is -0.755. The van der Waals surface area contributed by atoms with Crippen molar-refractivity contribution in [3.63, 3.8) is 0 Å². The molecule has 13 heavy (non-hydrogen) atoms. The molecule has 1 unspecified atom stereocenters. The third-order valence-corrected chi connectivity index (χ3v) is 3.50. The minimum Gasteiger partial charge on any atom is -0.144 e. The highest BCUT2D eigenvalue weighted by atomic mass is 32.1. The number of hydrogen-bond donors (Lipinski definition) is 0. The van der Waals surface area contributed by atoms with Crippen LogP contribution in [0.25, 0.3) is 5.57 Å². The molecule has 1 atom stereocenters. The van der Waals surface area contributed by atoms with Gasteiger partial charge in [-0.3, -0.25) is 0 Å². The highest BCUT2D eigenvalue weighted by molar-refractivity contribution is 7.11. The fourth-order valence-corrected chi connectivity index (χ4v) is 2.51. The first-order chi connectivity index (χ1) is 6.27. The summed E-state index contributed by atoms with van der Waals surface area (Å²) in [6.07, 6.45) is 8.09. The summed E-state index contributed by atoms with van der Waals surface area (Å²) >= 11 is 1.84. The minimum atomic E-state index is 0.712. The highest BCUT2D eigenvalue weighted by Crippen LogP contribution is 2.30. The van der Waals surface area contributed by atoms with Crippen molar-refractivity contribution in [2.45, 2.75) is 19.2 Å². The fraction of sp³-hybridized carbons (Fsp3) is 0.273. The lowest BCUT2D eigenvalue weighted by molar-refractivity contribution is 1.03. The maximum Gasteiger partial charge on any atom is 0.110 e. The molecule has 66 valence electrons. The van der Waals surface area contributed by atoms with Crippen LogP contribution in [0.4, 0.5) is 0 Å². The molecule has 0 nitrogen and oxygen atoms in total. The van der Waals surface area contributed by atoms with Crippen molar-refractivity contribution in [2.24, 2.45) is 0 Å². The van der Waals surface area contributed by atoms with E-state index in [4.69, 9.17) is 0 Å². The highest BCUT2D eigenvalue weighted by Gasteiger charge is 2.08. The lowest BCUT2D eigenvalue weighted by atomic mass is 9.80. The summed E-state index contributed by atoms with van der Waals surface area (Å²) in [5.41, 5.74) is 2.81. The Balaban J connectivity index is 2.29. The summed E-state index contributed by atoms with van der Waals surface area (Å²) in [6.45, 7) is 2.18. The Kier molecular flexibility index (Phi) is 2.41. The van der Waals surface area contributed by atoms with Crippen LogP contribution in [-0.2, 0) is 0 Å². The Morgan fingerprint density at radius 3 is 2.92 bits per heavy atom. The van der Waals surface area contributed by atoms with Crippen LogP contribution in [0.15, 0.2) is 29.7 Å². The van der Waals surface area contributed by atoms with Crippen LogP contribution in [-0.4, -0.2) is 7.85 Å². The van der Waals surface area contributed by atoms with E-state index in [0.717, 1.165) is 0 Å². The zero-order valence-corrected chi connectivity index (χ0v) is 8.90. The summed E-state index contributed by atoms with van der Waals surface area (Å²) in [4.78, 5) is 1.43. The maximum atomic E-state index is 2.35. The first-order valence-electron chi connectivity index (χ1n) is 4.70. The van der Waals surface area contributed by atoms with E-state index in [1.165, 1.54) is 22.4 Å². The summed E-state index contributed by atoms with van der Waals surface area (Å²) in [6, 6.07) is 2.19. The quantitative estimate of drug-likeness (QED) is 0.594. The average molecular weight is 188 g/mol. The van der Waals surface area contributed by atoms with Gasteiger partial charge >= 0.3 is 0 Å². The van der Waals surface area contributed by atoms with Crippen LogP contribution in [0, 0.1) is 6.92 Å². The maximum absolute atomic E-state index is 2.35. The molecule has 0 spiro atoms. The molecule has 0 saturated heterocycles. The number of hydrogen-bond acceptors (Lipinski definition) is 1. The molecule has 2 heteroatoms. The van der Waals surface area contributed by atoms with Crippen LogP contribution in [0.1, 0.15) is 16.9 Å². The van der Waals surface area contributed by atoms with Crippen LogP contribution in [0.5, 0.6) is 0 Å². The number of allylic oxidation sites excluding steroid dienone is 4. The molecular weight excluding hydrogens is 175 g/mol. The van der Waals surface area contributed by atoms with Gasteiger partial charge in [-0.05, 0) is 41.7 Å². The van der Waals surface area contributed by atoms with Crippen LogP contribution >= 0.6 is 11.3 Å². The van der Waals surface area contributed by atoms with E-state index in [9.17, 15) is 0 Å². The molecule has 1 heterocycles. The molecule has 1 aliphatic carbocycles. The van der Waals surface area contributed by atoms with Crippen LogP contribution in [0.3, 0.4) is 0 Å². The second-order valence-electron chi connectivity index (χ2n) is 3.66. The van der Waals surface area contributed by atoms with E-state index in [0.29, 0.717) is 5.82 Å². The van der Waals surface area contributed by atoms with Gasteiger partial charge in [0.25, 0.3) is 0 Å².